The Morgan fingerprint density at radius 1 is 0.783 bits per heavy atom. The molecule has 0 aliphatic heterocycles. The van der Waals surface area contributed by atoms with Gasteiger partial charge in [0, 0.05) is 39.8 Å². The van der Waals surface area contributed by atoms with Gasteiger partial charge in [-0.25, -0.2) is 0 Å². The molecule has 1 aliphatic rings. The monoisotopic (exact) mass is 301 g/mol. The topological polar surface area (TPSA) is 39.1 Å². The molecule has 3 nitrogen and oxygen atoms in total. The molecule has 1 heterocycles. The van der Waals surface area contributed by atoms with Gasteiger partial charge < -0.3 is 4.57 Å². The fraction of sp³-hybridized carbons (Fsp3) is 0.100. The average Bonchev–Trinajstić information content (AvgIpc) is 3.08. The Bertz CT molecular complexity index is 950. The molecule has 0 fully saturated rings. The normalized spacial score (nSPS) is 12.9. The Labute approximate surface area is 134 Å². The highest BCUT2D eigenvalue weighted by molar-refractivity contribution is 6.28. The highest BCUT2D eigenvalue weighted by atomic mass is 16.1. The summed E-state index contributed by atoms with van der Waals surface area (Å²) < 4.78 is 2.05. The van der Waals surface area contributed by atoms with Crippen molar-refractivity contribution in [2.45, 2.75) is 13.3 Å². The van der Waals surface area contributed by atoms with Crippen molar-refractivity contribution >= 4 is 11.6 Å². The van der Waals surface area contributed by atoms with Crippen molar-refractivity contribution in [2.75, 3.05) is 0 Å². The summed E-state index contributed by atoms with van der Waals surface area (Å²) >= 11 is 0. The number of aromatic nitrogens is 1. The molecule has 0 saturated carbocycles. The van der Waals surface area contributed by atoms with Crippen LogP contribution in [0.4, 0.5) is 0 Å². The smallest absolute Gasteiger partial charge is 0.194 e. The van der Waals surface area contributed by atoms with Gasteiger partial charge in [-0.1, -0.05) is 31.2 Å². The van der Waals surface area contributed by atoms with Crippen LogP contribution in [0.3, 0.4) is 0 Å². The minimum Gasteiger partial charge on any atom is -0.321 e. The average molecular weight is 301 g/mol. The zero-order valence-corrected chi connectivity index (χ0v) is 12.7. The number of nitrogens with zero attached hydrogens (tertiary/aromatic N) is 1. The predicted molar refractivity (Wildman–Crippen MR) is 88.5 cm³/mol. The lowest BCUT2D eigenvalue weighted by Crippen LogP contribution is -2.21. The molecule has 0 amide bonds. The van der Waals surface area contributed by atoms with E-state index in [9.17, 15) is 9.59 Å². The maximum absolute atomic E-state index is 12.8. The maximum atomic E-state index is 12.8. The molecular formula is C20H15NO2. The van der Waals surface area contributed by atoms with Crippen molar-refractivity contribution in [3.05, 3.63) is 88.7 Å². The van der Waals surface area contributed by atoms with Crippen molar-refractivity contribution < 1.29 is 9.59 Å². The molecule has 0 bridgehead atoms. The Balaban J connectivity index is 1.90. The SMILES string of the molecule is CCc1cccn1-c1ccc2c(c1)C(=O)c1ccccc1C2=O. The number of carbonyl (C=O) groups excluding carboxylic acids is 2. The molecule has 4 rings (SSSR count). The van der Waals surface area contributed by atoms with Crippen LogP contribution < -0.4 is 0 Å². The number of aryl methyl sites for hydroxylation is 1. The third kappa shape index (κ3) is 1.97. The Morgan fingerprint density at radius 2 is 1.43 bits per heavy atom. The third-order valence-electron chi connectivity index (χ3n) is 4.38. The third-order valence-corrected chi connectivity index (χ3v) is 4.38. The largest absolute Gasteiger partial charge is 0.321 e. The number of hydrogen-bond donors (Lipinski definition) is 0. The summed E-state index contributed by atoms with van der Waals surface area (Å²) in [4.78, 5) is 25.4. The van der Waals surface area contributed by atoms with E-state index in [1.54, 1.807) is 30.3 Å². The number of benzene rings is 2. The second-order valence-corrected chi connectivity index (χ2v) is 5.66. The summed E-state index contributed by atoms with van der Waals surface area (Å²) in [5.41, 5.74) is 4.04. The van der Waals surface area contributed by atoms with Gasteiger partial charge in [-0.3, -0.25) is 9.59 Å². The van der Waals surface area contributed by atoms with Gasteiger partial charge in [0.05, 0.1) is 0 Å². The second kappa shape index (κ2) is 5.06. The first-order valence-corrected chi connectivity index (χ1v) is 7.70. The lowest BCUT2D eigenvalue weighted by Gasteiger charge is -2.18. The first kappa shape index (κ1) is 13.7. The van der Waals surface area contributed by atoms with Crippen LogP contribution in [-0.2, 0) is 6.42 Å². The van der Waals surface area contributed by atoms with E-state index in [1.807, 2.05) is 24.4 Å². The lowest BCUT2D eigenvalue weighted by molar-refractivity contribution is 0.0979. The van der Waals surface area contributed by atoms with Crippen LogP contribution in [0.2, 0.25) is 0 Å². The van der Waals surface area contributed by atoms with E-state index in [-0.39, 0.29) is 11.6 Å². The quantitative estimate of drug-likeness (QED) is 0.564. The number of fused-ring (bicyclic) bond motifs is 2. The van der Waals surface area contributed by atoms with Gasteiger partial charge >= 0.3 is 0 Å². The molecular weight excluding hydrogens is 286 g/mol. The molecule has 23 heavy (non-hydrogen) atoms. The van der Waals surface area contributed by atoms with Crippen molar-refractivity contribution in [2.24, 2.45) is 0 Å². The fourth-order valence-electron chi connectivity index (χ4n) is 3.19. The van der Waals surface area contributed by atoms with Crippen LogP contribution in [0.15, 0.2) is 60.8 Å². The van der Waals surface area contributed by atoms with Crippen LogP contribution in [-0.4, -0.2) is 16.1 Å². The Morgan fingerprint density at radius 3 is 2.13 bits per heavy atom. The summed E-state index contributed by atoms with van der Waals surface area (Å²) in [6.07, 6.45) is 2.88. The predicted octanol–water partition coefficient (Wildman–Crippen LogP) is 3.82. The number of ketones is 2. The minimum absolute atomic E-state index is 0.0787. The summed E-state index contributed by atoms with van der Waals surface area (Å²) in [5, 5.41) is 0. The van der Waals surface area contributed by atoms with Crippen molar-refractivity contribution in [1.29, 1.82) is 0 Å². The lowest BCUT2D eigenvalue weighted by atomic mass is 9.84. The van der Waals surface area contributed by atoms with E-state index in [1.165, 1.54) is 5.69 Å². The first-order valence-electron chi connectivity index (χ1n) is 7.70. The summed E-state index contributed by atoms with van der Waals surface area (Å²) in [6, 6.07) is 16.5. The maximum Gasteiger partial charge on any atom is 0.194 e. The zero-order valence-electron chi connectivity index (χ0n) is 12.7. The van der Waals surface area contributed by atoms with Gasteiger partial charge in [0.2, 0.25) is 0 Å². The molecule has 0 N–H and O–H groups in total. The fourth-order valence-corrected chi connectivity index (χ4v) is 3.19. The van der Waals surface area contributed by atoms with Gasteiger partial charge in [0.1, 0.15) is 0 Å². The second-order valence-electron chi connectivity index (χ2n) is 5.66. The molecule has 0 atom stereocenters. The molecule has 1 aromatic heterocycles. The summed E-state index contributed by atoms with van der Waals surface area (Å²) in [6.45, 7) is 2.09. The molecule has 3 aromatic rings. The van der Waals surface area contributed by atoms with Crippen LogP contribution >= 0.6 is 0 Å². The molecule has 3 heteroatoms. The van der Waals surface area contributed by atoms with Gasteiger partial charge in [0.25, 0.3) is 0 Å². The van der Waals surface area contributed by atoms with Crippen LogP contribution in [0.25, 0.3) is 5.69 Å². The van der Waals surface area contributed by atoms with Gasteiger partial charge in [-0.15, -0.1) is 0 Å². The highest BCUT2D eigenvalue weighted by Gasteiger charge is 2.29. The van der Waals surface area contributed by atoms with E-state index < -0.39 is 0 Å². The molecule has 1 aliphatic carbocycles. The van der Waals surface area contributed by atoms with Crippen molar-refractivity contribution in [3.63, 3.8) is 0 Å². The molecule has 0 saturated heterocycles. The molecule has 0 radical (unpaired) electrons. The minimum atomic E-state index is -0.0812. The van der Waals surface area contributed by atoms with E-state index in [0.29, 0.717) is 22.3 Å². The highest BCUT2D eigenvalue weighted by Crippen LogP contribution is 2.29. The van der Waals surface area contributed by atoms with Crippen LogP contribution in [0.1, 0.15) is 44.5 Å². The van der Waals surface area contributed by atoms with Gasteiger partial charge in [-0.2, -0.15) is 0 Å². The Kier molecular flexibility index (Phi) is 3.01. The van der Waals surface area contributed by atoms with Crippen LogP contribution in [0.5, 0.6) is 0 Å². The number of carbonyl (C=O) groups is 2. The van der Waals surface area contributed by atoms with E-state index in [2.05, 4.69) is 17.6 Å². The molecule has 0 unspecified atom stereocenters. The first-order chi connectivity index (χ1) is 11.2. The van der Waals surface area contributed by atoms with E-state index in [4.69, 9.17) is 0 Å². The van der Waals surface area contributed by atoms with E-state index >= 15 is 0 Å². The van der Waals surface area contributed by atoms with Gasteiger partial charge in [-0.05, 0) is 36.8 Å². The number of hydrogen-bond acceptors (Lipinski definition) is 2. The summed E-state index contributed by atoms with van der Waals surface area (Å²) in [7, 11) is 0. The standard InChI is InChI=1S/C20H15NO2/c1-2-13-6-5-11-21(13)14-9-10-17-18(12-14)20(23)16-8-4-3-7-15(16)19(17)22/h3-12H,2H2,1H3. The van der Waals surface area contributed by atoms with Gasteiger partial charge in [0.15, 0.2) is 11.6 Å². The number of rotatable bonds is 2. The van der Waals surface area contributed by atoms with E-state index in [0.717, 1.165) is 12.1 Å². The molecule has 112 valence electrons. The van der Waals surface area contributed by atoms with Crippen molar-refractivity contribution in [1.82, 2.24) is 4.57 Å². The summed E-state index contributed by atoms with van der Waals surface area (Å²) in [5.74, 6) is -0.160. The zero-order chi connectivity index (χ0) is 16.0. The van der Waals surface area contributed by atoms with Crippen LogP contribution in [0, 0.1) is 0 Å². The molecule has 2 aromatic carbocycles. The van der Waals surface area contributed by atoms with Crippen molar-refractivity contribution in [3.8, 4) is 5.69 Å². The Hall–Kier alpha value is -2.94. The molecule has 0 spiro atoms.